The molecule has 1 saturated carbocycles. The Morgan fingerprint density at radius 1 is 1.35 bits per heavy atom. The second kappa shape index (κ2) is 4.40. The highest BCUT2D eigenvalue weighted by Crippen LogP contribution is 2.48. The van der Waals surface area contributed by atoms with Crippen LogP contribution in [-0.2, 0) is 14.8 Å². The maximum atomic E-state index is 11.3. The Morgan fingerprint density at radius 2 is 1.94 bits per heavy atom. The summed E-state index contributed by atoms with van der Waals surface area (Å²) in [5.41, 5.74) is 0.959. The Labute approximate surface area is 105 Å². The highest BCUT2D eigenvalue weighted by Gasteiger charge is 2.42. The van der Waals surface area contributed by atoms with E-state index in [1.54, 1.807) is 12.1 Å². The van der Waals surface area contributed by atoms with Gasteiger partial charge in [0, 0.05) is 5.92 Å². The van der Waals surface area contributed by atoms with Crippen molar-refractivity contribution in [2.75, 3.05) is 5.88 Å². The summed E-state index contributed by atoms with van der Waals surface area (Å²) >= 11 is 5.48. The van der Waals surface area contributed by atoms with Gasteiger partial charge in [0.2, 0.25) is 10.0 Å². The molecule has 6 heteroatoms. The number of carbonyl (C=O) groups is 1. The molecule has 0 bridgehead atoms. The summed E-state index contributed by atoms with van der Waals surface area (Å²) in [6.07, 6.45) is 0.792. The zero-order valence-electron chi connectivity index (χ0n) is 8.97. The lowest BCUT2D eigenvalue weighted by molar-refractivity contribution is -0.117. The van der Waals surface area contributed by atoms with E-state index in [-0.39, 0.29) is 28.4 Å². The molecule has 2 N–H and O–H groups in total. The third-order valence-electron chi connectivity index (χ3n) is 2.97. The van der Waals surface area contributed by atoms with Gasteiger partial charge >= 0.3 is 0 Å². The quantitative estimate of drug-likeness (QED) is 0.839. The first-order chi connectivity index (χ1) is 7.93. The molecular formula is C11H12ClNO3S. The van der Waals surface area contributed by atoms with Gasteiger partial charge in [0.15, 0.2) is 5.78 Å². The molecule has 2 atom stereocenters. The molecule has 1 aromatic rings. The summed E-state index contributed by atoms with van der Waals surface area (Å²) in [7, 11) is -3.65. The van der Waals surface area contributed by atoms with E-state index in [0.29, 0.717) is 0 Å². The Bertz CT molecular complexity index is 538. The maximum Gasteiger partial charge on any atom is 0.238 e. The van der Waals surface area contributed by atoms with Gasteiger partial charge in [-0.15, -0.1) is 11.6 Å². The molecule has 1 aliphatic carbocycles. The number of alkyl halides is 1. The predicted molar refractivity (Wildman–Crippen MR) is 64.4 cm³/mol. The number of carbonyl (C=O) groups excluding carboxylic acids is 1. The fourth-order valence-corrected chi connectivity index (χ4v) is 2.64. The van der Waals surface area contributed by atoms with Crippen molar-refractivity contribution in [2.24, 2.45) is 11.1 Å². The molecule has 1 fully saturated rings. The van der Waals surface area contributed by atoms with E-state index in [1.807, 2.05) is 0 Å². The molecule has 17 heavy (non-hydrogen) atoms. The van der Waals surface area contributed by atoms with Crippen molar-refractivity contribution in [3.63, 3.8) is 0 Å². The lowest BCUT2D eigenvalue weighted by Crippen LogP contribution is -2.11. The summed E-state index contributed by atoms with van der Waals surface area (Å²) in [5.74, 6) is 0.256. The summed E-state index contributed by atoms with van der Waals surface area (Å²) in [4.78, 5) is 11.4. The van der Waals surface area contributed by atoms with Crippen molar-refractivity contribution in [1.29, 1.82) is 0 Å². The molecule has 0 unspecified atom stereocenters. The molecule has 2 rings (SSSR count). The van der Waals surface area contributed by atoms with Crippen LogP contribution in [-0.4, -0.2) is 20.1 Å². The van der Waals surface area contributed by atoms with Crippen molar-refractivity contribution in [1.82, 2.24) is 0 Å². The van der Waals surface area contributed by atoms with Crippen molar-refractivity contribution in [2.45, 2.75) is 17.2 Å². The van der Waals surface area contributed by atoms with Crippen LogP contribution in [0.3, 0.4) is 0 Å². The monoisotopic (exact) mass is 273 g/mol. The zero-order valence-corrected chi connectivity index (χ0v) is 10.5. The molecular weight excluding hydrogens is 262 g/mol. The fraction of sp³-hybridized carbons (Fsp3) is 0.364. The van der Waals surface area contributed by atoms with Gasteiger partial charge < -0.3 is 0 Å². The number of hydrogen-bond acceptors (Lipinski definition) is 3. The summed E-state index contributed by atoms with van der Waals surface area (Å²) in [6, 6.07) is 6.33. The minimum Gasteiger partial charge on any atom is -0.298 e. The molecule has 0 aromatic heterocycles. The number of ketones is 1. The first-order valence-corrected chi connectivity index (χ1v) is 7.23. The fourth-order valence-electron chi connectivity index (χ4n) is 1.92. The Morgan fingerprint density at radius 3 is 2.41 bits per heavy atom. The number of primary sulfonamides is 1. The summed E-state index contributed by atoms with van der Waals surface area (Å²) < 4.78 is 22.1. The normalized spacial score (nSPS) is 23.4. The first kappa shape index (κ1) is 12.5. The second-order valence-electron chi connectivity index (χ2n) is 4.16. The summed E-state index contributed by atoms with van der Waals surface area (Å²) in [5, 5.41) is 5.00. The van der Waals surface area contributed by atoms with E-state index in [2.05, 4.69) is 0 Å². The van der Waals surface area contributed by atoms with Gasteiger partial charge in [-0.25, -0.2) is 13.6 Å². The molecule has 0 aliphatic heterocycles. The van der Waals surface area contributed by atoms with E-state index < -0.39 is 10.0 Å². The number of rotatable bonds is 4. The number of nitrogens with two attached hydrogens (primary N) is 1. The highest BCUT2D eigenvalue weighted by atomic mass is 35.5. The van der Waals surface area contributed by atoms with Gasteiger partial charge in [-0.1, -0.05) is 12.1 Å². The minimum atomic E-state index is -3.65. The van der Waals surface area contributed by atoms with E-state index in [1.165, 1.54) is 12.1 Å². The Balaban J connectivity index is 2.14. The molecule has 1 aromatic carbocycles. The topological polar surface area (TPSA) is 77.2 Å². The van der Waals surface area contributed by atoms with Crippen LogP contribution in [0.15, 0.2) is 29.2 Å². The number of halogens is 1. The lowest BCUT2D eigenvalue weighted by Gasteiger charge is -2.01. The standard InChI is InChI=1S/C11H12ClNO3S/c12-6-11(14)10-5-9(10)7-1-3-8(4-2-7)17(13,15)16/h1-4,9-10H,5-6H2,(H2,13,15,16)/t9-,10+/m1/s1. The van der Waals surface area contributed by atoms with Crippen molar-refractivity contribution < 1.29 is 13.2 Å². The van der Waals surface area contributed by atoms with Gasteiger partial charge in [0.05, 0.1) is 10.8 Å². The SMILES string of the molecule is NS(=O)(=O)c1ccc([C@H]2C[C@@H]2C(=O)CCl)cc1. The van der Waals surface area contributed by atoms with Crippen LogP contribution in [0.5, 0.6) is 0 Å². The van der Waals surface area contributed by atoms with Crippen LogP contribution in [0.25, 0.3) is 0 Å². The van der Waals surface area contributed by atoms with Crippen LogP contribution in [0.4, 0.5) is 0 Å². The van der Waals surface area contributed by atoms with E-state index in [0.717, 1.165) is 12.0 Å². The van der Waals surface area contributed by atoms with E-state index >= 15 is 0 Å². The predicted octanol–water partition coefficient (Wildman–Crippen LogP) is 1.25. The smallest absolute Gasteiger partial charge is 0.238 e. The van der Waals surface area contributed by atoms with Crippen LogP contribution in [0.2, 0.25) is 0 Å². The maximum absolute atomic E-state index is 11.3. The molecule has 0 saturated heterocycles. The summed E-state index contributed by atoms with van der Waals surface area (Å²) in [6.45, 7) is 0. The molecule has 92 valence electrons. The third kappa shape index (κ3) is 2.68. The van der Waals surface area contributed by atoms with Gasteiger partial charge in [-0.05, 0) is 30.0 Å². The molecule has 0 radical (unpaired) electrons. The minimum absolute atomic E-state index is 0.00664. The molecule has 0 amide bonds. The number of sulfonamides is 1. The average molecular weight is 274 g/mol. The largest absolute Gasteiger partial charge is 0.298 e. The van der Waals surface area contributed by atoms with Crippen LogP contribution < -0.4 is 5.14 Å². The van der Waals surface area contributed by atoms with Crippen LogP contribution in [0, 0.1) is 5.92 Å². The lowest BCUT2D eigenvalue weighted by atomic mass is 10.1. The Kier molecular flexibility index (Phi) is 3.25. The van der Waals surface area contributed by atoms with Crippen LogP contribution >= 0.6 is 11.6 Å². The molecule has 1 aliphatic rings. The highest BCUT2D eigenvalue weighted by molar-refractivity contribution is 7.89. The van der Waals surface area contributed by atoms with Gasteiger partial charge in [0.25, 0.3) is 0 Å². The van der Waals surface area contributed by atoms with Gasteiger partial charge in [-0.3, -0.25) is 4.79 Å². The molecule has 0 heterocycles. The zero-order chi connectivity index (χ0) is 12.6. The number of benzene rings is 1. The molecule has 0 spiro atoms. The average Bonchev–Trinajstić information content (AvgIpc) is 3.07. The third-order valence-corrected chi connectivity index (χ3v) is 4.17. The van der Waals surface area contributed by atoms with Crippen LogP contribution in [0.1, 0.15) is 17.9 Å². The van der Waals surface area contributed by atoms with Crippen molar-refractivity contribution >= 4 is 27.4 Å². The van der Waals surface area contributed by atoms with Crippen molar-refractivity contribution in [3.05, 3.63) is 29.8 Å². The van der Waals surface area contributed by atoms with Gasteiger partial charge in [0.1, 0.15) is 0 Å². The number of Topliss-reactive ketones (excluding diaryl/α,β-unsaturated/α-hetero) is 1. The number of hydrogen-bond donors (Lipinski definition) is 1. The van der Waals surface area contributed by atoms with Crippen molar-refractivity contribution in [3.8, 4) is 0 Å². The first-order valence-electron chi connectivity index (χ1n) is 5.15. The van der Waals surface area contributed by atoms with Gasteiger partial charge in [-0.2, -0.15) is 0 Å². The Hall–Kier alpha value is -0.910. The van der Waals surface area contributed by atoms with E-state index in [9.17, 15) is 13.2 Å². The molecule has 4 nitrogen and oxygen atoms in total. The van der Waals surface area contributed by atoms with E-state index in [4.69, 9.17) is 16.7 Å². The second-order valence-corrected chi connectivity index (χ2v) is 5.99.